The summed E-state index contributed by atoms with van der Waals surface area (Å²) in [7, 11) is 3.40. The van der Waals surface area contributed by atoms with Gasteiger partial charge in [0.2, 0.25) is 5.91 Å². The Hall–Kier alpha value is -2.75. The molecule has 132 valence electrons. The van der Waals surface area contributed by atoms with Crippen LogP contribution >= 0.6 is 0 Å². The minimum atomic E-state index is -0.0506. The summed E-state index contributed by atoms with van der Waals surface area (Å²) >= 11 is 0. The molecule has 25 heavy (non-hydrogen) atoms. The van der Waals surface area contributed by atoms with Gasteiger partial charge in [0.15, 0.2) is 11.5 Å². The Kier molecular flexibility index (Phi) is 6.63. The molecule has 0 fully saturated rings. The van der Waals surface area contributed by atoms with Gasteiger partial charge in [-0.1, -0.05) is 36.4 Å². The van der Waals surface area contributed by atoms with E-state index in [9.17, 15) is 4.79 Å². The summed E-state index contributed by atoms with van der Waals surface area (Å²) in [6, 6.07) is 15.5. The number of methoxy groups -OCH3 is 1. The van der Waals surface area contributed by atoms with E-state index < -0.39 is 0 Å². The Labute approximate surface area is 149 Å². The summed E-state index contributed by atoms with van der Waals surface area (Å²) < 4.78 is 11.1. The maximum atomic E-state index is 12.3. The second kappa shape index (κ2) is 8.92. The van der Waals surface area contributed by atoms with E-state index in [0.29, 0.717) is 18.0 Å². The van der Waals surface area contributed by atoms with E-state index >= 15 is 0 Å². The summed E-state index contributed by atoms with van der Waals surface area (Å²) in [5.41, 5.74) is 1.98. The fourth-order valence-corrected chi connectivity index (χ4v) is 2.37. The van der Waals surface area contributed by atoms with Crippen LogP contribution in [0.1, 0.15) is 25.0 Å². The molecule has 0 saturated heterocycles. The second-order valence-corrected chi connectivity index (χ2v) is 6.09. The molecule has 0 aliphatic heterocycles. The molecule has 2 aromatic rings. The molecule has 0 unspecified atom stereocenters. The number of carbonyl (C=O) groups is 1. The number of nitrogens with zero attached hydrogens (tertiary/aromatic N) is 1. The van der Waals surface area contributed by atoms with Gasteiger partial charge in [0.1, 0.15) is 0 Å². The van der Waals surface area contributed by atoms with Crippen LogP contribution in [-0.2, 0) is 11.3 Å². The first-order chi connectivity index (χ1) is 12.0. The van der Waals surface area contributed by atoms with E-state index in [1.54, 1.807) is 31.2 Å². The third kappa shape index (κ3) is 5.68. The van der Waals surface area contributed by atoms with Crippen LogP contribution in [0.15, 0.2) is 54.6 Å². The number of amides is 1. The molecule has 2 rings (SSSR count). The number of rotatable bonds is 7. The largest absolute Gasteiger partial charge is 0.493 e. The molecule has 1 amide bonds. The van der Waals surface area contributed by atoms with Crippen LogP contribution in [0.25, 0.3) is 6.08 Å². The zero-order chi connectivity index (χ0) is 18.2. The van der Waals surface area contributed by atoms with Crippen molar-refractivity contribution in [3.63, 3.8) is 0 Å². The standard InChI is InChI=1S/C21H25NO3/c1-16(2)25-19-12-10-17(14-20(19)24-4)11-13-21(23)22(3)15-18-8-6-5-7-9-18/h5-14,16H,15H2,1-4H3/b13-11+. The molecular weight excluding hydrogens is 314 g/mol. The van der Waals surface area contributed by atoms with Gasteiger partial charge < -0.3 is 14.4 Å². The molecule has 0 spiro atoms. The van der Waals surface area contributed by atoms with Gasteiger partial charge in [-0.05, 0) is 43.2 Å². The van der Waals surface area contributed by atoms with Gasteiger partial charge in [0, 0.05) is 19.7 Å². The van der Waals surface area contributed by atoms with Gasteiger partial charge in [-0.2, -0.15) is 0 Å². The van der Waals surface area contributed by atoms with Gasteiger partial charge in [-0.25, -0.2) is 0 Å². The van der Waals surface area contributed by atoms with Crippen molar-refractivity contribution in [2.45, 2.75) is 26.5 Å². The van der Waals surface area contributed by atoms with Crippen molar-refractivity contribution in [2.24, 2.45) is 0 Å². The molecule has 0 radical (unpaired) electrons. The number of hydrogen-bond acceptors (Lipinski definition) is 3. The molecule has 0 aromatic heterocycles. The molecule has 0 aliphatic rings. The van der Waals surface area contributed by atoms with Crippen molar-refractivity contribution in [1.29, 1.82) is 0 Å². The summed E-state index contributed by atoms with van der Waals surface area (Å²) in [5.74, 6) is 1.30. The zero-order valence-electron chi connectivity index (χ0n) is 15.2. The highest BCUT2D eigenvalue weighted by atomic mass is 16.5. The zero-order valence-corrected chi connectivity index (χ0v) is 15.2. The van der Waals surface area contributed by atoms with Crippen molar-refractivity contribution in [3.8, 4) is 11.5 Å². The minimum absolute atomic E-state index is 0.0506. The number of ether oxygens (including phenoxy) is 2. The lowest BCUT2D eigenvalue weighted by Gasteiger charge is -2.15. The lowest BCUT2D eigenvalue weighted by Crippen LogP contribution is -2.24. The van der Waals surface area contributed by atoms with Crippen LogP contribution in [0.5, 0.6) is 11.5 Å². The van der Waals surface area contributed by atoms with E-state index in [1.165, 1.54) is 0 Å². The van der Waals surface area contributed by atoms with Crippen molar-refractivity contribution in [1.82, 2.24) is 4.90 Å². The molecule has 4 nitrogen and oxygen atoms in total. The topological polar surface area (TPSA) is 38.8 Å². The van der Waals surface area contributed by atoms with Crippen molar-refractivity contribution in [2.75, 3.05) is 14.2 Å². The second-order valence-electron chi connectivity index (χ2n) is 6.09. The van der Waals surface area contributed by atoms with E-state index in [0.717, 1.165) is 11.1 Å². The monoisotopic (exact) mass is 339 g/mol. The Balaban J connectivity index is 2.03. The van der Waals surface area contributed by atoms with E-state index in [-0.39, 0.29) is 12.0 Å². The fraction of sp³-hybridized carbons (Fsp3) is 0.286. The van der Waals surface area contributed by atoms with E-state index in [4.69, 9.17) is 9.47 Å². The molecule has 0 bridgehead atoms. The van der Waals surface area contributed by atoms with Crippen LogP contribution in [0.4, 0.5) is 0 Å². The predicted octanol–water partition coefficient (Wildman–Crippen LogP) is 4.15. The van der Waals surface area contributed by atoms with Gasteiger partial charge in [-0.15, -0.1) is 0 Å². The first-order valence-electron chi connectivity index (χ1n) is 8.31. The lowest BCUT2D eigenvalue weighted by molar-refractivity contribution is -0.125. The summed E-state index contributed by atoms with van der Waals surface area (Å²) in [6.07, 6.45) is 3.43. The first kappa shape index (κ1) is 18.6. The van der Waals surface area contributed by atoms with Gasteiger partial charge in [0.05, 0.1) is 13.2 Å². The van der Waals surface area contributed by atoms with Crippen molar-refractivity contribution < 1.29 is 14.3 Å². The normalized spacial score (nSPS) is 10.9. The van der Waals surface area contributed by atoms with Gasteiger partial charge >= 0.3 is 0 Å². The molecule has 0 aliphatic carbocycles. The average molecular weight is 339 g/mol. The van der Waals surface area contributed by atoms with Crippen molar-refractivity contribution >= 4 is 12.0 Å². The SMILES string of the molecule is COc1cc(/C=C/C(=O)N(C)Cc2ccccc2)ccc1OC(C)C. The predicted molar refractivity (Wildman–Crippen MR) is 101 cm³/mol. The first-order valence-corrected chi connectivity index (χ1v) is 8.31. The maximum Gasteiger partial charge on any atom is 0.246 e. The highest BCUT2D eigenvalue weighted by Crippen LogP contribution is 2.29. The maximum absolute atomic E-state index is 12.3. The fourth-order valence-electron chi connectivity index (χ4n) is 2.37. The Bertz CT molecular complexity index is 723. The lowest BCUT2D eigenvalue weighted by atomic mass is 10.1. The molecule has 2 aromatic carbocycles. The number of likely N-dealkylation sites (N-methyl/N-ethyl adjacent to an activating group) is 1. The number of hydrogen-bond donors (Lipinski definition) is 0. The molecule has 0 atom stereocenters. The molecular formula is C21H25NO3. The van der Waals surface area contributed by atoms with Crippen LogP contribution in [0.3, 0.4) is 0 Å². The Morgan fingerprint density at radius 1 is 1.12 bits per heavy atom. The minimum Gasteiger partial charge on any atom is -0.493 e. The van der Waals surface area contributed by atoms with Crippen LogP contribution in [0.2, 0.25) is 0 Å². The number of benzene rings is 2. The van der Waals surface area contributed by atoms with Crippen LogP contribution < -0.4 is 9.47 Å². The molecule has 4 heteroatoms. The van der Waals surface area contributed by atoms with Gasteiger partial charge in [-0.3, -0.25) is 4.79 Å². The van der Waals surface area contributed by atoms with Gasteiger partial charge in [0.25, 0.3) is 0 Å². The highest BCUT2D eigenvalue weighted by molar-refractivity contribution is 5.91. The smallest absolute Gasteiger partial charge is 0.246 e. The molecule has 0 saturated carbocycles. The summed E-state index contributed by atoms with van der Waals surface area (Å²) in [6.45, 7) is 4.51. The molecule has 0 N–H and O–H groups in total. The summed E-state index contributed by atoms with van der Waals surface area (Å²) in [5, 5.41) is 0. The third-order valence-corrected chi connectivity index (χ3v) is 3.61. The van der Waals surface area contributed by atoms with E-state index in [1.807, 2.05) is 62.4 Å². The summed E-state index contributed by atoms with van der Waals surface area (Å²) in [4.78, 5) is 14.0. The Morgan fingerprint density at radius 3 is 2.48 bits per heavy atom. The van der Waals surface area contributed by atoms with Crippen LogP contribution in [-0.4, -0.2) is 31.1 Å². The molecule has 0 heterocycles. The number of carbonyl (C=O) groups excluding carboxylic acids is 1. The average Bonchev–Trinajstić information content (AvgIpc) is 2.60. The highest BCUT2D eigenvalue weighted by Gasteiger charge is 2.08. The van der Waals surface area contributed by atoms with Crippen molar-refractivity contribution in [3.05, 3.63) is 65.7 Å². The third-order valence-electron chi connectivity index (χ3n) is 3.61. The quantitative estimate of drug-likeness (QED) is 0.711. The Morgan fingerprint density at radius 2 is 1.84 bits per heavy atom. The van der Waals surface area contributed by atoms with Crippen LogP contribution in [0, 0.1) is 0 Å². The van der Waals surface area contributed by atoms with E-state index in [2.05, 4.69) is 0 Å².